The highest BCUT2D eigenvalue weighted by Crippen LogP contribution is 2.29. The molecule has 1 aliphatic heterocycles. The Kier molecular flexibility index (Phi) is 4.66. The number of piperidine rings is 1. The van der Waals surface area contributed by atoms with E-state index in [9.17, 15) is 14.4 Å². The molecule has 1 atom stereocenters. The van der Waals surface area contributed by atoms with Crippen LogP contribution >= 0.6 is 0 Å². The van der Waals surface area contributed by atoms with Crippen LogP contribution in [0.15, 0.2) is 0 Å². The van der Waals surface area contributed by atoms with E-state index in [0.29, 0.717) is 19.5 Å². The fraction of sp³-hybridized carbons (Fsp3) is 0.727. The summed E-state index contributed by atoms with van der Waals surface area (Å²) in [5, 5.41) is 9.14. The SMILES string of the molecule is CC(=O)NNC(=O)CN1CCCC(C)(C(=O)O)C1. The van der Waals surface area contributed by atoms with Gasteiger partial charge in [-0.1, -0.05) is 0 Å². The van der Waals surface area contributed by atoms with Crippen molar-refractivity contribution in [2.24, 2.45) is 5.41 Å². The molecule has 0 aromatic rings. The van der Waals surface area contributed by atoms with E-state index in [2.05, 4.69) is 10.9 Å². The summed E-state index contributed by atoms with van der Waals surface area (Å²) >= 11 is 0. The minimum atomic E-state index is -0.838. The quantitative estimate of drug-likeness (QED) is 0.583. The van der Waals surface area contributed by atoms with Crippen LogP contribution in [0.3, 0.4) is 0 Å². The minimum Gasteiger partial charge on any atom is -0.481 e. The first-order valence-electron chi connectivity index (χ1n) is 5.85. The molecule has 7 heteroatoms. The number of carbonyl (C=O) groups is 3. The molecule has 7 nitrogen and oxygen atoms in total. The molecular formula is C11H19N3O4. The number of hydrogen-bond donors (Lipinski definition) is 3. The maximum atomic E-state index is 11.5. The van der Waals surface area contributed by atoms with Gasteiger partial charge in [-0.25, -0.2) is 0 Å². The predicted octanol–water partition coefficient (Wildman–Crippen LogP) is -0.660. The third-order valence-electron chi connectivity index (χ3n) is 3.04. The third kappa shape index (κ3) is 3.99. The van der Waals surface area contributed by atoms with Crippen molar-refractivity contribution in [1.29, 1.82) is 0 Å². The van der Waals surface area contributed by atoms with Crippen LogP contribution in [-0.2, 0) is 14.4 Å². The molecule has 1 saturated heterocycles. The number of amides is 2. The van der Waals surface area contributed by atoms with Crippen LogP contribution in [0.2, 0.25) is 0 Å². The Hall–Kier alpha value is -1.63. The van der Waals surface area contributed by atoms with Gasteiger partial charge in [-0.2, -0.15) is 0 Å². The molecule has 0 aromatic carbocycles. The zero-order valence-corrected chi connectivity index (χ0v) is 10.7. The topological polar surface area (TPSA) is 98.7 Å². The predicted molar refractivity (Wildman–Crippen MR) is 63.4 cm³/mol. The van der Waals surface area contributed by atoms with E-state index in [0.717, 1.165) is 6.42 Å². The van der Waals surface area contributed by atoms with Crippen LogP contribution in [-0.4, -0.2) is 47.4 Å². The zero-order valence-electron chi connectivity index (χ0n) is 10.7. The van der Waals surface area contributed by atoms with Gasteiger partial charge < -0.3 is 5.11 Å². The Morgan fingerprint density at radius 2 is 2.00 bits per heavy atom. The van der Waals surface area contributed by atoms with Crippen LogP contribution in [0.4, 0.5) is 0 Å². The number of aliphatic carboxylic acids is 1. The summed E-state index contributed by atoms with van der Waals surface area (Å²) in [7, 11) is 0. The number of hydrogen-bond acceptors (Lipinski definition) is 4. The lowest BCUT2D eigenvalue weighted by molar-refractivity contribution is -0.151. The smallest absolute Gasteiger partial charge is 0.310 e. The van der Waals surface area contributed by atoms with Gasteiger partial charge >= 0.3 is 5.97 Å². The molecule has 0 radical (unpaired) electrons. The Balaban J connectivity index is 2.45. The number of likely N-dealkylation sites (tertiary alicyclic amines) is 1. The first kappa shape index (κ1) is 14.4. The Labute approximate surface area is 105 Å². The first-order chi connectivity index (χ1) is 8.33. The molecule has 1 unspecified atom stereocenters. The van der Waals surface area contributed by atoms with Crippen molar-refractivity contribution in [3.63, 3.8) is 0 Å². The molecule has 102 valence electrons. The average Bonchev–Trinajstić information content (AvgIpc) is 2.26. The Morgan fingerprint density at radius 1 is 1.33 bits per heavy atom. The molecule has 2 amide bonds. The van der Waals surface area contributed by atoms with E-state index >= 15 is 0 Å². The van der Waals surface area contributed by atoms with Crippen LogP contribution in [0.5, 0.6) is 0 Å². The van der Waals surface area contributed by atoms with Crippen molar-refractivity contribution in [3.05, 3.63) is 0 Å². The van der Waals surface area contributed by atoms with E-state index in [1.807, 2.05) is 0 Å². The van der Waals surface area contributed by atoms with Crippen molar-refractivity contribution in [3.8, 4) is 0 Å². The second-order valence-electron chi connectivity index (χ2n) is 4.91. The summed E-state index contributed by atoms with van der Waals surface area (Å²) in [4.78, 5) is 35.0. The van der Waals surface area contributed by atoms with Crippen LogP contribution in [0.25, 0.3) is 0 Å². The largest absolute Gasteiger partial charge is 0.481 e. The van der Waals surface area contributed by atoms with E-state index < -0.39 is 11.4 Å². The molecular weight excluding hydrogens is 238 g/mol. The molecule has 1 rings (SSSR count). The minimum absolute atomic E-state index is 0.0865. The molecule has 0 aliphatic carbocycles. The zero-order chi connectivity index (χ0) is 13.8. The number of nitrogens with zero attached hydrogens (tertiary/aromatic N) is 1. The molecule has 0 spiro atoms. The van der Waals surface area contributed by atoms with Crippen molar-refractivity contribution >= 4 is 17.8 Å². The Morgan fingerprint density at radius 3 is 2.56 bits per heavy atom. The van der Waals surface area contributed by atoms with Crippen molar-refractivity contribution < 1.29 is 19.5 Å². The summed E-state index contributed by atoms with van der Waals surface area (Å²) in [5.41, 5.74) is 3.66. The summed E-state index contributed by atoms with van der Waals surface area (Å²) in [6.07, 6.45) is 1.36. The van der Waals surface area contributed by atoms with Gasteiger partial charge in [-0.15, -0.1) is 0 Å². The molecule has 3 N–H and O–H groups in total. The van der Waals surface area contributed by atoms with Crippen molar-refractivity contribution in [1.82, 2.24) is 15.8 Å². The van der Waals surface area contributed by atoms with Gasteiger partial charge in [0.2, 0.25) is 5.91 Å². The van der Waals surface area contributed by atoms with Crippen molar-refractivity contribution in [2.45, 2.75) is 26.7 Å². The lowest BCUT2D eigenvalue weighted by Gasteiger charge is -2.37. The van der Waals surface area contributed by atoms with Gasteiger partial charge in [0, 0.05) is 13.5 Å². The second-order valence-corrected chi connectivity index (χ2v) is 4.91. The number of rotatable bonds is 3. The van der Waals surface area contributed by atoms with Crippen LogP contribution < -0.4 is 10.9 Å². The second kappa shape index (κ2) is 5.81. The fourth-order valence-corrected chi connectivity index (χ4v) is 2.05. The Bertz CT molecular complexity index is 358. The van der Waals surface area contributed by atoms with Gasteiger partial charge in [0.1, 0.15) is 0 Å². The molecule has 0 saturated carbocycles. The highest BCUT2D eigenvalue weighted by molar-refractivity contribution is 5.82. The maximum absolute atomic E-state index is 11.5. The van der Waals surface area contributed by atoms with Crippen LogP contribution in [0, 0.1) is 5.41 Å². The molecule has 0 bridgehead atoms. The van der Waals surface area contributed by atoms with Gasteiger partial charge in [0.05, 0.1) is 12.0 Å². The van der Waals surface area contributed by atoms with Crippen LogP contribution in [0.1, 0.15) is 26.7 Å². The van der Waals surface area contributed by atoms with Crippen molar-refractivity contribution in [2.75, 3.05) is 19.6 Å². The highest BCUT2D eigenvalue weighted by Gasteiger charge is 2.38. The lowest BCUT2D eigenvalue weighted by atomic mass is 9.82. The lowest BCUT2D eigenvalue weighted by Crippen LogP contribution is -2.51. The third-order valence-corrected chi connectivity index (χ3v) is 3.04. The standard InChI is InChI=1S/C11H19N3O4/c1-8(15)12-13-9(16)6-14-5-3-4-11(2,7-14)10(17)18/h3-7H2,1-2H3,(H,12,15)(H,13,16)(H,17,18). The summed E-state index contributed by atoms with van der Waals surface area (Å²) in [6.45, 7) is 4.10. The summed E-state index contributed by atoms with van der Waals surface area (Å²) in [6, 6.07) is 0. The number of carboxylic acid groups (broad SMARTS) is 1. The van der Waals surface area contributed by atoms with Gasteiger partial charge in [-0.3, -0.25) is 30.1 Å². The highest BCUT2D eigenvalue weighted by atomic mass is 16.4. The number of nitrogens with one attached hydrogen (secondary N) is 2. The monoisotopic (exact) mass is 257 g/mol. The molecule has 1 aliphatic rings. The summed E-state index contributed by atoms with van der Waals surface area (Å²) < 4.78 is 0. The molecule has 18 heavy (non-hydrogen) atoms. The number of hydrazine groups is 1. The fourth-order valence-electron chi connectivity index (χ4n) is 2.05. The number of carboxylic acids is 1. The van der Waals surface area contributed by atoms with E-state index in [4.69, 9.17) is 5.11 Å². The molecule has 0 aromatic heterocycles. The van der Waals surface area contributed by atoms with Gasteiger partial charge in [0.15, 0.2) is 0 Å². The van der Waals surface area contributed by atoms with E-state index in [1.165, 1.54) is 6.92 Å². The number of carbonyl (C=O) groups excluding carboxylic acids is 2. The average molecular weight is 257 g/mol. The van der Waals surface area contributed by atoms with Gasteiger partial charge in [-0.05, 0) is 26.3 Å². The normalized spacial score (nSPS) is 24.3. The molecule has 1 heterocycles. The molecule has 1 fully saturated rings. The van der Waals surface area contributed by atoms with E-state index in [1.54, 1.807) is 11.8 Å². The summed E-state index contributed by atoms with van der Waals surface area (Å²) in [5.74, 6) is -1.54. The maximum Gasteiger partial charge on any atom is 0.310 e. The van der Waals surface area contributed by atoms with Gasteiger partial charge in [0.25, 0.3) is 5.91 Å². The first-order valence-corrected chi connectivity index (χ1v) is 5.85. The van der Waals surface area contributed by atoms with E-state index in [-0.39, 0.29) is 18.4 Å².